The Bertz CT molecular complexity index is 502. The van der Waals surface area contributed by atoms with Crippen molar-refractivity contribution in [2.45, 2.75) is 0 Å². The van der Waals surface area contributed by atoms with Crippen LogP contribution in [-0.2, 0) is 9.53 Å². The number of hydrogen-bond donors (Lipinski definition) is 0. The Morgan fingerprint density at radius 3 is 2.47 bits per heavy atom. The van der Waals surface area contributed by atoms with Gasteiger partial charge in [0.1, 0.15) is 10.7 Å². The van der Waals surface area contributed by atoms with Gasteiger partial charge in [0.15, 0.2) is 0 Å². The Morgan fingerprint density at radius 2 is 2.06 bits per heavy atom. The Labute approximate surface area is 93.6 Å². The van der Waals surface area contributed by atoms with Gasteiger partial charge in [0.25, 0.3) is 0 Å². The summed E-state index contributed by atoms with van der Waals surface area (Å²) >= 11 is 0. The van der Waals surface area contributed by atoms with E-state index in [1.807, 2.05) is 0 Å². The van der Waals surface area contributed by atoms with E-state index < -0.39 is 27.4 Å². The first-order valence-electron chi connectivity index (χ1n) is 4.14. The van der Waals surface area contributed by atoms with Gasteiger partial charge in [0.05, 0.1) is 24.2 Å². The highest BCUT2D eigenvalue weighted by Gasteiger charge is 2.24. The summed E-state index contributed by atoms with van der Waals surface area (Å²) in [6, 6.07) is 2.14. The summed E-state index contributed by atoms with van der Waals surface area (Å²) in [6.07, 6.45) is 0.749. The molecule has 1 heterocycles. The zero-order valence-electron chi connectivity index (χ0n) is 8.48. The summed E-state index contributed by atoms with van der Waals surface area (Å²) in [5.41, 5.74) is -0.878. The molecule has 1 rings (SSSR count). The van der Waals surface area contributed by atoms with Gasteiger partial charge in [0, 0.05) is 0 Å². The average molecular weight is 242 g/mol. The van der Waals surface area contributed by atoms with E-state index in [0.29, 0.717) is 0 Å². The smallest absolute Gasteiger partial charge is 0.433 e. The fourth-order valence-electron chi connectivity index (χ4n) is 0.943. The van der Waals surface area contributed by atoms with Crippen LogP contribution in [0.15, 0.2) is 22.2 Å². The summed E-state index contributed by atoms with van der Waals surface area (Å²) in [5, 5.41) is 20.8. The quantitative estimate of drug-likeness (QED) is 0.333. The van der Waals surface area contributed by atoms with Crippen molar-refractivity contribution in [2.24, 2.45) is 0 Å². The minimum Gasteiger partial charge on any atom is -0.461 e. The number of methoxy groups -OCH3 is 1. The number of carbonyl (C=O) groups is 1. The molecular formula is C8H6N2O7. The number of rotatable bonds is 4. The standard InChI is InChI=1S/C8H6N2O7/c1-16-8(11)6(9(12)13)4-5-2-3-7(17-5)10(14)15/h2-4H,1H3. The lowest BCUT2D eigenvalue weighted by Crippen LogP contribution is -2.12. The van der Waals surface area contributed by atoms with Crippen molar-refractivity contribution < 1.29 is 23.8 Å². The fourth-order valence-corrected chi connectivity index (χ4v) is 0.943. The number of nitro groups is 2. The Balaban J connectivity index is 3.09. The first-order chi connectivity index (χ1) is 7.95. The van der Waals surface area contributed by atoms with E-state index in [-0.39, 0.29) is 5.76 Å². The molecule has 0 N–H and O–H groups in total. The van der Waals surface area contributed by atoms with E-state index >= 15 is 0 Å². The van der Waals surface area contributed by atoms with Gasteiger partial charge in [0.2, 0.25) is 0 Å². The molecule has 90 valence electrons. The second kappa shape index (κ2) is 4.88. The monoisotopic (exact) mass is 242 g/mol. The molecule has 0 amide bonds. The Hall–Kier alpha value is -2.71. The van der Waals surface area contributed by atoms with E-state index in [0.717, 1.165) is 25.3 Å². The highest BCUT2D eigenvalue weighted by molar-refractivity contribution is 5.90. The topological polar surface area (TPSA) is 126 Å². The highest BCUT2D eigenvalue weighted by atomic mass is 16.7. The largest absolute Gasteiger partial charge is 0.461 e. The van der Waals surface area contributed by atoms with E-state index in [4.69, 9.17) is 0 Å². The summed E-state index contributed by atoms with van der Waals surface area (Å²) < 4.78 is 8.81. The molecule has 0 spiro atoms. The second-order valence-electron chi connectivity index (χ2n) is 2.71. The molecule has 9 heteroatoms. The van der Waals surface area contributed by atoms with Gasteiger partial charge in [-0.15, -0.1) is 0 Å². The van der Waals surface area contributed by atoms with Crippen molar-refractivity contribution in [3.05, 3.63) is 43.8 Å². The van der Waals surface area contributed by atoms with Crippen molar-refractivity contribution in [3.8, 4) is 0 Å². The first-order valence-corrected chi connectivity index (χ1v) is 4.14. The summed E-state index contributed by atoms with van der Waals surface area (Å²) in [7, 11) is 0.976. The van der Waals surface area contributed by atoms with Crippen LogP contribution in [0, 0.1) is 20.2 Å². The fraction of sp³-hybridized carbons (Fsp3) is 0.125. The van der Waals surface area contributed by atoms with Gasteiger partial charge in [-0.3, -0.25) is 20.2 Å². The van der Waals surface area contributed by atoms with Crippen LogP contribution in [0.1, 0.15) is 5.76 Å². The SMILES string of the molecule is COC(=O)C(=Cc1ccc([N+](=O)[O-])o1)[N+](=O)[O-]. The zero-order valence-corrected chi connectivity index (χ0v) is 8.48. The van der Waals surface area contributed by atoms with Crippen LogP contribution in [0.4, 0.5) is 5.88 Å². The number of hydrogen-bond acceptors (Lipinski definition) is 7. The minimum absolute atomic E-state index is 0.186. The summed E-state index contributed by atoms with van der Waals surface area (Å²) in [6.45, 7) is 0. The molecule has 0 aromatic carbocycles. The third-order valence-electron chi connectivity index (χ3n) is 1.66. The Morgan fingerprint density at radius 1 is 1.41 bits per heavy atom. The minimum atomic E-state index is -1.17. The highest BCUT2D eigenvalue weighted by Crippen LogP contribution is 2.18. The molecule has 0 aliphatic heterocycles. The maximum atomic E-state index is 11.0. The molecule has 0 fully saturated rings. The van der Waals surface area contributed by atoms with Gasteiger partial charge in [-0.1, -0.05) is 0 Å². The van der Waals surface area contributed by atoms with Crippen molar-refractivity contribution >= 4 is 17.9 Å². The maximum Gasteiger partial charge on any atom is 0.433 e. The van der Waals surface area contributed by atoms with Crippen molar-refractivity contribution in [3.63, 3.8) is 0 Å². The lowest BCUT2D eigenvalue weighted by molar-refractivity contribution is -0.419. The molecule has 0 aliphatic carbocycles. The Kier molecular flexibility index (Phi) is 3.55. The molecular weight excluding hydrogens is 236 g/mol. The van der Waals surface area contributed by atoms with Crippen LogP contribution in [-0.4, -0.2) is 22.9 Å². The number of nitrogens with zero attached hydrogens (tertiary/aromatic N) is 2. The molecule has 0 aliphatic rings. The lowest BCUT2D eigenvalue weighted by Gasteiger charge is -1.94. The predicted octanol–water partition coefficient (Wildman–Crippen LogP) is 0.978. The van der Waals surface area contributed by atoms with Gasteiger partial charge < -0.3 is 9.15 Å². The molecule has 17 heavy (non-hydrogen) atoms. The van der Waals surface area contributed by atoms with E-state index in [9.17, 15) is 25.0 Å². The molecule has 0 bridgehead atoms. The second-order valence-corrected chi connectivity index (χ2v) is 2.71. The average Bonchev–Trinajstić information content (AvgIpc) is 2.73. The van der Waals surface area contributed by atoms with Crippen LogP contribution in [0.2, 0.25) is 0 Å². The number of furan rings is 1. The van der Waals surface area contributed by atoms with Gasteiger partial charge in [-0.25, -0.2) is 4.79 Å². The zero-order chi connectivity index (χ0) is 13.0. The predicted molar refractivity (Wildman–Crippen MR) is 52.3 cm³/mol. The molecule has 1 aromatic rings. The van der Waals surface area contributed by atoms with Crippen LogP contribution >= 0.6 is 0 Å². The molecule has 1 aromatic heterocycles. The molecule has 0 saturated carbocycles. The van der Waals surface area contributed by atoms with Crippen LogP contribution < -0.4 is 0 Å². The van der Waals surface area contributed by atoms with E-state index in [2.05, 4.69) is 9.15 Å². The van der Waals surface area contributed by atoms with Crippen molar-refractivity contribution in [1.29, 1.82) is 0 Å². The normalized spacial score (nSPS) is 11.0. The molecule has 9 nitrogen and oxygen atoms in total. The molecule has 0 atom stereocenters. The van der Waals surface area contributed by atoms with Gasteiger partial charge >= 0.3 is 17.6 Å². The number of ether oxygens (including phenoxy) is 1. The number of carbonyl (C=O) groups excluding carboxylic acids is 1. The third kappa shape index (κ3) is 2.87. The number of esters is 1. The first kappa shape index (κ1) is 12.4. The van der Waals surface area contributed by atoms with Crippen molar-refractivity contribution in [2.75, 3.05) is 7.11 Å². The van der Waals surface area contributed by atoms with Crippen LogP contribution in [0.5, 0.6) is 0 Å². The lowest BCUT2D eigenvalue weighted by atomic mass is 10.3. The van der Waals surface area contributed by atoms with Crippen LogP contribution in [0.25, 0.3) is 6.08 Å². The van der Waals surface area contributed by atoms with Gasteiger partial charge in [-0.2, -0.15) is 0 Å². The summed E-state index contributed by atoms with van der Waals surface area (Å²) in [5.74, 6) is -1.94. The third-order valence-corrected chi connectivity index (χ3v) is 1.66. The van der Waals surface area contributed by atoms with Gasteiger partial charge in [-0.05, 0) is 6.07 Å². The van der Waals surface area contributed by atoms with E-state index in [1.165, 1.54) is 0 Å². The van der Waals surface area contributed by atoms with Crippen molar-refractivity contribution in [1.82, 2.24) is 0 Å². The maximum absolute atomic E-state index is 11.0. The molecule has 0 saturated heterocycles. The summed E-state index contributed by atoms with van der Waals surface area (Å²) in [4.78, 5) is 30.0. The van der Waals surface area contributed by atoms with E-state index in [1.54, 1.807) is 0 Å². The molecule has 0 radical (unpaired) electrons. The molecule has 0 unspecified atom stereocenters. The van der Waals surface area contributed by atoms with Crippen LogP contribution in [0.3, 0.4) is 0 Å².